The maximum absolute atomic E-state index is 13.5. The number of ether oxygens (including phenoxy) is 2. The molecule has 0 unspecified atom stereocenters. The molecule has 1 N–H and O–H groups in total. The highest BCUT2D eigenvalue weighted by Crippen LogP contribution is 2.30. The van der Waals surface area contributed by atoms with E-state index in [2.05, 4.69) is 4.74 Å². The fraction of sp³-hybridized carbons (Fsp3) is 0.208. The molecule has 0 saturated carbocycles. The molecule has 3 aromatic rings. The molecule has 0 bridgehead atoms. The Balaban J connectivity index is 1.92. The van der Waals surface area contributed by atoms with E-state index in [-0.39, 0.29) is 31.9 Å². The summed E-state index contributed by atoms with van der Waals surface area (Å²) in [5, 5.41) is 23.6. The van der Waals surface area contributed by atoms with Gasteiger partial charge in [0.2, 0.25) is 10.0 Å². The maximum atomic E-state index is 13.5. The van der Waals surface area contributed by atoms with Gasteiger partial charge in [-0.1, -0.05) is 48.5 Å². The lowest BCUT2D eigenvalue weighted by atomic mass is 10.0. The number of para-hydroxylation sites is 1. The number of fused-ring (bicyclic) bond motifs is 1. The smallest absolute Gasteiger partial charge is 0.508 e. The minimum atomic E-state index is -4.29. The summed E-state index contributed by atoms with van der Waals surface area (Å²) >= 11 is 0. The van der Waals surface area contributed by atoms with Crippen molar-refractivity contribution in [2.75, 3.05) is 26.8 Å². The molecule has 3 rings (SSSR count). The molecule has 0 aromatic heterocycles. The number of carbonyl (C=O) groups is 1. The molecule has 0 aliphatic heterocycles. The van der Waals surface area contributed by atoms with E-state index >= 15 is 0 Å². The van der Waals surface area contributed by atoms with Gasteiger partial charge in [0, 0.05) is 24.7 Å². The van der Waals surface area contributed by atoms with Crippen molar-refractivity contribution in [2.24, 2.45) is 0 Å². The Labute approximate surface area is 202 Å². The van der Waals surface area contributed by atoms with Crippen molar-refractivity contribution >= 4 is 32.6 Å². The van der Waals surface area contributed by atoms with Crippen LogP contribution in [0.5, 0.6) is 5.75 Å². The van der Waals surface area contributed by atoms with Gasteiger partial charge in [-0.25, -0.2) is 13.2 Å². The van der Waals surface area contributed by atoms with E-state index in [0.717, 1.165) is 28.3 Å². The number of nitro benzene ring substituents is 1. The normalized spacial score (nSPS) is 11.7. The first-order valence-electron chi connectivity index (χ1n) is 10.5. The van der Waals surface area contributed by atoms with Gasteiger partial charge in [0.25, 0.3) is 5.69 Å². The Morgan fingerprint density at radius 2 is 1.80 bits per heavy atom. The zero-order valence-corrected chi connectivity index (χ0v) is 19.7. The topological polar surface area (TPSA) is 136 Å². The first kappa shape index (κ1) is 25.7. The zero-order chi connectivity index (χ0) is 25.4. The van der Waals surface area contributed by atoms with Crippen LogP contribution in [-0.4, -0.2) is 55.7 Å². The van der Waals surface area contributed by atoms with Crippen molar-refractivity contribution in [3.8, 4) is 5.75 Å². The Bertz CT molecular complexity index is 1350. The van der Waals surface area contributed by atoms with Crippen LogP contribution in [0.25, 0.3) is 10.8 Å². The number of carbonyl (C=O) groups excluding carboxylic acids is 1. The van der Waals surface area contributed by atoms with Crippen LogP contribution in [0.3, 0.4) is 0 Å². The van der Waals surface area contributed by atoms with E-state index in [9.17, 15) is 28.4 Å². The summed E-state index contributed by atoms with van der Waals surface area (Å²) in [5.74, 6) is 0.0220. The molecule has 11 heteroatoms. The van der Waals surface area contributed by atoms with Crippen molar-refractivity contribution in [1.29, 1.82) is 0 Å². The number of methoxy groups -OCH3 is 1. The molecular formula is C24H24N2O8S. The predicted molar refractivity (Wildman–Crippen MR) is 129 cm³/mol. The fourth-order valence-electron chi connectivity index (χ4n) is 3.53. The van der Waals surface area contributed by atoms with Crippen LogP contribution in [-0.2, 0) is 25.9 Å². The minimum Gasteiger partial charge on any atom is -0.508 e. The molecule has 3 aromatic carbocycles. The number of rotatable bonds is 10. The summed E-state index contributed by atoms with van der Waals surface area (Å²) in [6.07, 6.45) is 2.18. The molecule has 0 heterocycles. The number of hydrogen-bond acceptors (Lipinski definition) is 8. The first-order chi connectivity index (χ1) is 16.8. The number of nitro groups is 1. The van der Waals surface area contributed by atoms with Crippen LogP contribution in [0.15, 0.2) is 77.7 Å². The minimum absolute atomic E-state index is 0.0220. The van der Waals surface area contributed by atoms with Gasteiger partial charge in [-0.3, -0.25) is 10.1 Å². The Hall–Kier alpha value is -3.96. The highest BCUT2D eigenvalue weighted by molar-refractivity contribution is 7.89. The van der Waals surface area contributed by atoms with Crippen LogP contribution < -0.4 is 0 Å². The number of phenols is 1. The van der Waals surface area contributed by atoms with E-state index < -0.39 is 31.7 Å². The molecule has 0 radical (unpaired) electrons. The zero-order valence-electron chi connectivity index (χ0n) is 18.9. The fourth-order valence-corrected chi connectivity index (χ4v) is 5.08. The molecule has 10 nitrogen and oxygen atoms in total. The van der Waals surface area contributed by atoms with Gasteiger partial charge in [-0.2, -0.15) is 4.31 Å². The number of sulfonamides is 1. The lowest BCUT2D eigenvalue weighted by Gasteiger charge is -2.21. The number of phenolic OH excluding ortho intramolecular Hbond substituents is 1. The summed E-state index contributed by atoms with van der Waals surface area (Å²) in [6.45, 7) is -0.362. The van der Waals surface area contributed by atoms with E-state index in [1.165, 1.54) is 30.4 Å². The molecule has 35 heavy (non-hydrogen) atoms. The van der Waals surface area contributed by atoms with E-state index in [1.807, 2.05) is 24.3 Å². The molecule has 184 valence electrons. The number of hydrogen-bond donors (Lipinski definition) is 1. The number of nitrogens with zero attached hydrogens (tertiary/aromatic N) is 2. The Kier molecular flexibility index (Phi) is 8.39. The van der Waals surface area contributed by atoms with Crippen LogP contribution in [0.2, 0.25) is 0 Å². The van der Waals surface area contributed by atoms with Crippen LogP contribution in [0.4, 0.5) is 10.5 Å². The molecule has 0 spiro atoms. The first-order valence-corrected chi connectivity index (χ1v) is 12.0. The van der Waals surface area contributed by atoms with Gasteiger partial charge in [-0.15, -0.1) is 0 Å². The van der Waals surface area contributed by atoms with Gasteiger partial charge in [0.05, 0.1) is 12.0 Å². The van der Waals surface area contributed by atoms with Crippen LogP contribution >= 0.6 is 0 Å². The highest BCUT2D eigenvalue weighted by Gasteiger charge is 2.31. The van der Waals surface area contributed by atoms with Crippen molar-refractivity contribution in [3.05, 3.63) is 88.5 Å². The van der Waals surface area contributed by atoms with Crippen molar-refractivity contribution in [3.63, 3.8) is 0 Å². The summed E-state index contributed by atoms with van der Waals surface area (Å²) in [5.41, 5.74) is 0.0207. The third kappa shape index (κ3) is 6.14. The third-order valence-corrected chi connectivity index (χ3v) is 7.16. The average Bonchev–Trinajstić information content (AvgIpc) is 2.86. The van der Waals surface area contributed by atoms with Gasteiger partial charge in [-0.05, 0) is 35.4 Å². The van der Waals surface area contributed by atoms with Gasteiger partial charge < -0.3 is 14.6 Å². The van der Waals surface area contributed by atoms with E-state index in [1.54, 1.807) is 12.1 Å². The second kappa shape index (κ2) is 11.4. The van der Waals surface area contributed by atoms with Crippen LogP contribution in [0, 0.1) is 10.1 Å². The van der Waals surface area contributed by atoms with E-state index in [0.29, 0.717) is 5.56 Å². The van der Waals surface area contributed by atoms with Crippen molar-refractivity contribution < 1.29 is 32.7 Å². The molecule has 0 saturated heterocycles. The Morgan fingerprint density at radius 1 is 1.09 bits per heavy atom. The highest BCUT2D eigenvalue weighted by atomic mass is 32.2. The molecule has 0 aliphatic rings. The third-order valence-electron chi connectivity index (χ3n) is 5.25. The summed E-state index contributed by atoms with van der Waals surface area (Å²) < 4.78 is 37.1. The predicted octanol–water partition coefficient (Wildman–Crippen LogP) is 4.03. The second-order valence-corrected chi connectivity index (χ2v) is 9.27. The molecular weight excluding hydrogens is 476 g/mol. The monoisotopic (exact) mass is 500 g/mol. The van der Waals surface area contributed by atoms with Gasteiger partial charge in [0.15, 0.2) is 4.90 Å². The maximum Gasteiger partial charge on any atom is 0.508 e. The average molecular weight is 501 g/mol. The van der Waals surface area contributed by atoms with E-state index in [4.69, 9.17) is 4.74 Å². The lowest BCUT2D eigenvalue weighted by molar-refractivity contribution is -0.387. The summed E-state index contributed by atoms with van der Waals surface area (Å²) in [7, 11) is -3.13. The summed E-state index contributed by atoms with van der Waals surface area (Å²) in [4.78, 5) is 21.4. The quantitative estimate of drug-likeness (QED) is 0.191. The SMILES string of the molecule is COC(=O)OC/C=C/CN(CCc1c(O)ccc2ccccc12)S(=O)(=O)c1ccccc1[N+](=O)[O-]. The molecule has 0 fully saturated rings. The largest absolute Gasteiger partial charge is 0.508 e. The second-order valence-electron chi connectivity index (χ2n) is 7.36. The van der Waals surface area contributed by atoms with Gasteiger partial charge in [0.1, 0.15) is 12.4 Å². The number of benzene rings is 3. The summed E-state index contributed by atoms with van der Waals surface area (Å²) in [6, 6.07) is 15.8. The Morgan fingerprint density at radius 3 is 2.54 bits per heavy atom. The molecule has 0 atom stereocenters. The van der Waals surface area contributed by atoms with Crippen LogP contribution in [0.1, 0.15) is 5.56 Å². The number of aromatic hydroxyl groups is 1. The lowest BCUT2D eigenvalue weighted by Crippen LogP contribution is -2.33. The molecule has 0 amide bonds. The van der Waals surface area contributed by atoms with Crippen molar-refractivity contribution in [1.82, 2.24) is 4.31 Å². The van der Waals surface area contributed by atoms with Gasteiger partial charge >= 0.3 is 6.16 Å². The van der Waals surface area contributed by atoms with Crippen molar-refractivity contribution in [2.45, 2.75) is 11.3 Å². The standard InChI is InChI=1S/C24H24N2O8S/c1-33-24(28)34-17-7-6-15-25(35(31,32)23-11-5-4-10-21(23)26(29)30)16-14-20-19-9-3-2-8-18(19)12-13-22(20)27/h2-13,27H,14-17H2,1H3/b7-6+. The molecule has 0 aliphatic carbocycles.